The first kappa shape index (κ1) is 15.7. The Morgan fingerprint density at radius 3 is 2.60 bits per heavy atom. The predicted octanol–water partition coefficient (Wildman–Crippen LogP) is 2.53. The van der Waals surface area contributed by atoms with Gasteiger partial charge in [0.15, 0.2) is 0 Å². The van der Waals surface area contributed by atoms with Crippen LogP contribution in [0.15, 0.2) is 48.8 Å². The molecule has 2 heterocycles. The first-order valence-electron chi connectivity index (χ1n) is 8.38. The smallest absolute Gasteiger partial charge is 0.345 e. The number of piperazine rings is 1. The van der Waals surface area contributed by atoms with Gasteiger partial charge in [-0.15, -0.1) is 0 Å². The molecular weight excluding hydrogens is 316 g/mol. The molecule has 0 aliphatic carbocycles. The maximum absolute atomic E-state index is 12.5. The highest BCUT2D eigenvalue weighted by Crippen LogP contribution is 2.22. The van der Waals surface area contributed by atoms with E-state index in [1.165, 1.54) is 0 Å². The van der Waals surface area contributed by atoms with Crippen molar-refractivity contribution in [2.45, 2.75) is 0 Å². The summed E-state index contributed by atoms with van der Waals surface area (Å²) in [4.78, 5) is 24.3. The number of nitrogens with zero attached hydrogens (tertiary/aromatic N) is 3. The van der Waals surface area contributed by atoms with Crippen LogP contribution in [-0.4, -0.2) is 54.1 Å². The molecule has 0 unspecified atom stereocenters. The molecule has 6 nitrogen and oxygen atoms in total. The fourth-order valence-corrected chi connectivity index (χ4v) is 3.08. The lowest BCUT2D eigenvalue weighted by Gasteiger charge is -2.34. The molecule has 0 saturated carbocycles. The molecule has 25 heavy (non-hydrogen) atoms. The number of ether oxygens (including phenoxy) is 1. The Balaban J connectivity index is 1.47. The number of carbonyl (C=O) groups is 1. The maximum atomic E-state index is 12.5. The number of esters is 1. The molecule has 1 aliphatic heterocycles. The minimum absolute atomic E-state index is 0.398. The highest BCUT2D eigenvalue weighted by atomic mass is 16.5. The van der Waals surface area contributed by atoms with Gasteiger partial charge in [-0.25, -0.2) is 9.78 Å². The summed E-state index contributed by atoms with van der Waals surface area (Å²) in [6.45, 7) is 4.14. The zero-order valence-electron chi connectivity index (χ0n) is 14.1. The van der Waals surface area contributed by atoms with Crippen molar-refractivity contribution in [1.82, 2.24) is 14.9 Å². The van der Waals surface area contributed by atoms with Gasteiger partial charge in [0.2, 0.25) is 0 Å². The summed E-state index contributed by atoms with van der Waals surface area (Å²) in [6.07, 6.45) is 1.58. The topological polar surface area (TPSA) is 61.5 Å². The molecule has 0 atom stereocenters. The molecule has 1 fully saturated rings. The Hall–Kier alpha value is -2.86. The van der Waals surface area contributed by atoms with E-state index in [-0.39, 0.29) is 0 Å². The first-order valence-corrected chi connectivity index (χ1v) is 8.38. The number of aromatic nitrogens is 2. The number of rotatable bonds is 3. The number of anilines is 1. The fourth-order valence-electron chi connectivity index (χ4n) is 3.08. The number of para-hydroxylation sites is 1. The second kappa shape index (κ2) is 6.57. The van der Waals surface area contributed by atoms with Crippen molar-refractivity contribution >= 4 is 22.7 Å². The van der Waals surface area contributed by atoms with Crippen molar-refractivity contribution in [3.63, 3.8) is 0 Å². The van der Waals surface area contributed by atoms with Crippen LogP contribution in [0.5, 0.6) is 5.75 Å². The third kappa shape index (κ3) is 3.21. The summed E-state index contributed by atoms with van der Waals surface area (Å²) in [5, 5.41) is 0. The van der Waals surface area contributed by atoms with Gasteiger partial charge in [-0.3, -0.25) is 0 Å². The van der Waals surface area contributed by atoms with Crippen LogP contribution in [-0.2, 0) is 0 Å². The number of hydrogen-bond donors (Lipinski definition) is 1. The second-order valence-corrected chi connectivity index (χ2v) is 6.28. The third-order valence-electron chi connectivity index (χ3n) is 4.59. The number of carbonyl (C=O) groups excluding carboxylic acids is 1. The Labute approximate surface area is 146 Å². The fraction of sp³-hybridized carbons (Fsp3) is 0.263. The molecule has 1 aliphatic rings. The highest BCUT2D eigenvalue weighted by Gasteiger charge is 2.16. The van der Waals surface area contributed by atoms with Gasteiger partial charge in [0.1, 0.15) is 11.3 Å². The molecule has 2 aromatic carbocycles. The summed E-state index contributed by atoms with van der Waals surface area (Å²) in [6, 6.07) is 13.1. The van der Waals surface area contributed by atoms with E-state index >= 15 is 0 Å². The molecule has 0 amide bonds. The van der Waals surface area contributed by atoms with Crippen LogP contribution in [0.4, 0.5) is 5.69 Å². The van der Waals surface area contributed by atoms with Gasteiger partial charge in [0, 0.05) is 31.9 Å². The highest BCUT2D eigenvalue weighted by molar-refractivity contribution is 6.02. The van der Waals surface area contributed by atoms with E-state index in [1.54, 1.807) is 12.4 Å². The standard InChI is InChI=1S/C19H20N4O2/c1-22-9-11-23(12-10-22)14-5-7-15(8-6-14)25-19(24)16-3-2-4-17-18(16)21-13-20-17/h2-8,13H,9-12H2,1H3,(H,20,21). The average Bonchev–Trinajstić information content (AvgIpc) is 3.12. The number of aromatic amines is 1. The molecular formula is C19H20N4O2. The lowest BCUT2D eigenvalue weighted by Crippen LogP contribution is -2.44. The molecule has 0 spiro atoms. The Morgan fingerprint density at radius 2 is 1.84 bits per heavy atom. The second-order valence-electron chi connectivity index (χ2n) is 6.28. The van der Waals surface area contributed by atoms with Gasteiger partial charge in [-0.05, 0) is 43.4 Å². The molecule has 3 aromatic rings. The van der Waals surface area contributed by atoms with E-state index in [1.807, 2.05) is 36.4 Å². The molecule has 1 aromatic heterocycles. The number of imidazole rings is 1. The largest absolute Gasteiger partial charge is 0.423 e. The van der Waals surface area contributed by atoms with Crippen LogP contribution >= 0.6 is 0 Å². The summed E-state index contributed by atoms with van der Waals surface area (Å²) in [5.41, 5.74) is 3.06. The van der Waals surface area contributed by atoms with Crippen molar-refractivity contribution in [2.24, 2.45) is 0 Å². The molecule has 0 bridgehead atoms. The SMILES string of the molecule is CN1CCN(c2ccc(OC(=O)c3cccc4[nH]cnc34)cc2)CC1. The summed E-state index contributed by atoms with van der Waals surface area (Å²) in [5.74, 6) is 0.139. The molecule has 4 rings (SSSR count). The van der Waals surface area contributed by atoms with Gasteiger partial charge in [0.25, 0.3) is 0 Å². The van der Waals surface area contributed by atoms with E-state index in [4.69, 9.17) is 4.74 Å². The predicted molar refractivity (Wildman–Crippen MR) is 97.2 cm³/mol. The van der Waals surface area contributed by atoms with Crippen LogP contribution in [0.2, 0.25) is 0 Å². The zero-order chi connectivity index (χ0) is 17.2. The van der Waals surface area contributed by atoms with E-state index in [2.05, 4.69) is 26.8 Å². The van der Waals surface area contributed by atoms with Crippen molar-refractivity contribution in [2.75, 3.05) is 38.1 Å². The lowest BCUT2D eigenvalue weighted by atomic mass is 10.2. The van der Waals surface area contributed by atoms with Crippen LogP contribution < -0.4 is 9.64 Å². The Bertz CT molecular complexity index is 880. The number of benzene rings is 2. The summed E-state index contributed by atoms with van der Waals surface area (Å²) < 4.78 is 5.52. The third-order valence-corrected chi connectivity index (χ3v) is 4.59. The molecule has 128 valence electrons. The van der Waals surface area contributed by atoms with Crippen LogP contribution in [0.25, 0.3) is 11.0 Å². The lowest BCUT2D eigenvalue weighted by molar-refractivity contribution is 0.0736. The molecule has 1 saturated heterocycles. The Morgan fingerprint density at radius 1 is 1.08 bits per heavy atom. The van der Waals surface area contributed by atoms with Crippen molar-refractivity contribution in [1.29, 1.82) is 0 Å². The molecule has 6 heteroatoms. The van der Waals surface area contributed by atoms with Crippen LogP contribution in [0, 0.1) is 0 Å². The molecule has 1 N–H and O–H groups in total. The van der Waals surface area contributed by atoms with Gasteiger partial charge < -0.3 is 19.5 Å². The summed E-state index contributed by atoms with van der Waals surface area (Å²) >= 11 is 0. The van der Waals surface area contributed by atoms with Crippen molar-refractivity contribution in [3.8, 4) is 5.75 Å². The van der Waals surface area contributed by atoms with E-state index in [9.17, 15) is 4.79 Å². The zero-order valence-corrected chi connectivity index (χ0v) is 14.1. The average molecular weight is 336 g/mol. The van der Waals surface area contributed by atoms with Crippen LogP contribution in [0.1, 0.15) is 10.4 Å². The monoisotopic (exact) mass is 336 g/mol. The van der Waals surface area contributed by atoms with Gasteiger partial charge in [-0.1, -0.05) is 6.07 Å². The minimum atomic E-state index is -0.398. The normalized spacial score (nSPS) is 15.5. The van der Waals surface area contributed by atoms with Gasteiger partial charge >= 0.3 is 5.97 Å². The van der Waals surface area contributed by atoms with E-state index < -0.39 is 5.97 Å². The van der Waals surface area contributed by atoms with Crippen molar-refractivity contribution < 1.29 is 9.53 Å². The van der Waals surface area contributed by atoms with E-state index in [0.29, 0.717) is 16.8 Å². The Kier molecular flexibility index (Phi) is 4.11. The number of H-pyrrole nitrogens is 1. The number of fused-ring (bicyclic) bond motifs is 1. The maximum Gasteiger partial charge on any atom is 0.345 e. The van der Waals surface area contributed by atoms with Gasteiger partial charge in [-0.2, -0.15) is 0 Å². The minimum Gasteiger partial charge on any atom is -0.423 e. The van der Waals surface area contributed by atoms with Crippen molar-refractivity contribution in [3.05, 3.63) is 54.4 Å². The van der Waals surface area contributed by atoms with Crippen LogP contribution in [0.3, 0.4) is 0 Å². The summed E-state index contributed by atoms with van der Waals surface area (Å²) in [7, 11) is 2.14. The number of likely N-dealkylation sites (N-methyl/N-ethyl adjacent to an activating group) is 1. The first-order chi connectivity index (χ1) is 12.2. The quantitative estimate of drug-likeness (QED) is 0.588. The van der Waals surface area contributed by atoms with E-state index in [0.717, 1.165) is 37.4 Å². The molecule has 0 radical (unpaired) electrons. The number of nitrogens with one attached hydrogen (secondary N) is 1. The number of hydrogen-bond acceptors (Lipinski definition) is 5. The van der Waals surface area contributed by atoms with Gasteiger partial charge in [0.05, 0.1) is 17.4 Å².